The summed E-state index contributed by atoms with van der Waals surface area (Å²) in [4.78, 5) is 10.6. The van der Waals surface area contributed by atoms with Crippen molar-refractivity contribution in [3.63, 3.8) is 0 Å². The van der Waals surface area contributed by atoms with Gasteiger partial charge in [-0.2, -0.15) is 0 Å². The van der Waals surface area contributed by atoms with Crippen LogP contribution in [0, 0.1) is 6.07 Å². The molecule has 8 aromatic rings. The second kappa shape index (κ2) is 15.7. The number of phenolic OH excluding ortho intramolecular Hbond substituents is 1. The van der Waals surface area contributed by atoms with Crippen LogP contribution in [0.25, 0.3) is 72.4 Å². The van der Waals surface area contributed by atoms with Crippen molar-refractivity contribution >= 4 is 21.8 Å². The molecule has 0 amide bonds. The van der Waals surface area contributed by atoms with E-state index >= 15 is 0 Å². The monoisotopic (exact) mass is 1020 g/mol. The normalized spacial score (nSPS) is 14.8. The number of phenols is 1. The summed E-state index contributed by atoms with van der Waals surface area (Å²) in [7, 11) is 0. The summed E-state index contributed by atoms with van der Waals surface area (Å²) in [5.41, 5.74) is 14.9. The van der Waals surface area contributed by atoms with Crippen molar-refractivity contribution in [1.29, 1.82) is 0 Å². The molecular formula is C59H62N3OPt-. The summed E-state index contributed by atoms with van der Waals surface area (Å²) in [6.45, 7) is 29.6. The molecular weight excluding hydrogens is 962 g/mol. The molecule has 2 aromatic heterocycles. The number of nitrogens with zero attached hydrogens (tertiary/aromatic N) is 3. The molecule has 0 spiro atoms. The molecule has 0 bridgehead atoms. The summed E-state index contributed by atoms with van der Waals surface area (Å²) in [6.07, 6.45) is 2.96. The van der Waals surface area contributed by atoms with E-state index in [1.807, 2.05) is 12.3 Å². The fourth-order valence-electron chi connectivity index (χ4n) is 10.2. The molecule has 0 saturated heterocycles. The molecule has 64 heavy (non-hydrogen) atoms. The molecule has 6 aromatic carbocycles. The van der Waals surface area contributed by atoms with E-state index in [2.05, 4.69) is 210 Å². The van der Waals surface area contributed by atoms with Crippen LogP contribution in [0.4, 0.5) is 0 Å². The Morgan fingerprint density at radius 2 is 1.25 bits per heavy atom. The largest absolute Gasteiger partial charge is 0.507 e. The molecule has 0 radical (unpaired) electrons. The second-order valence-corrected chi connectivity index (χ2v) is 22.4. The Bertz CT molecular complexity index is 3070. The van der Waals surface area contributed by atoms with E-state index in [0.717, 1.165) is 73.3 Å². The Morgan fingerprint density at radius 1 is 0.609 bits per heavy atom. The zero-order chi connectivity index (χ0) is 45.0. The van der Waals surface area contributed by atoms with Gasteiger partial charge < -0.3 is 5.11 Å². The number of aromatic hydroxyl groups is 1. The quantitative estimate of drug-likeness (QED) is 0.175. The summed E-state index contributed by atoms with van der Waals surface area (Å²) >= 11 is 0. The van der Waals surface area contributed by atoms with Crippen LogP contribution in [0.15, 0.2) is 121 Å². The van der Waals surface area contributed by atoms with Gasteiger partial charge >= 0.3 is 0 Å². The van der Waals surface area contributed by atoms with Crippen molar-refractivity contribution in [2.75, 3.05) is 0 Å². The molecule has 0 fully saturated rings. The van der Waals surface area contributed by atoms with Crippen molar-refractivity contribution in [3.8, 4) is 56.3 Å². The third-order valence-electron chi connectivity index (χ3n) is 13.5. The number of para-hydroxylation sites is 1. The topological polar surface area (TPSA) is 50.9 Å². The fourth-order valence-corrected chi connectivity index (χ4v) is 10.2. The summed E-state index contributed by atoms with van der Waals surface area (Å²) in [5.74, 6) is 0.984. The van der Waals surface area contributed by atoms with Crippen LogP contribution < -0.4 is 0 Å². The minimum Gasteiger partial charge on any atom is -0.507 e. The number of benzene rings is 6. The van der Waals surface area contributed by atoms with Gasteiger partial charge in [-0.1, -0.05) is 180 Å². The van der Waals surface area contributed by atoms with Crippen LogP contribution in [0.5, 0.6) is 5.75 Å². The molecule has 4 nitrogen and oxygen atoms in total. The standard InChI is InChI=1S/C59H62N3O.Pt/c1-55(2,3)40-30-38(29-39(31-40)48-32-37(27-28-60-48)36-19-15-14-16-20-36)42-21-18-24-50-52(42)61-54(44-33-41(56(4,5)6)34-47(53(44)63)57(7,8)9)62(50)49-26-25-46-51-43(49)22-17-23-45(51)58(10,11)35-59(46,12)13;/h14-28,30-34,63H,35H2,1-13H3;/q-1;. The van der Waals surface area contributed by atoms with E-state index in [-0.39, 0.29) is 53.9 Å². The fraction of sp³-hybridized carbons (Fsp3) is 0.322. The molecule has 2 heterocycles. The number of rotatable bonds is 5. The first-order valence-electron chi connectivity index (χ1n) is 22.6. The molecule has 0 saturated carbocycles. The van der Waals surface area contributed by atoms with Crippen LogP contribution in [-0.4, -0.2) is 19.6 Å². The molecule has 0 atom stereocenters. The van der Waals surface area contributed by atoms with Gasteiger partial charge in [0, 0.05) is 43.9 Å². The van der Waals surface area contributed by atoms with Gasteiger partial charge in [-0.05, 0) is 91.0 Å². The van der Waals surface area contributed by atoms with E-state index in [4.69, 9.17) is 9.97 Å². The predicted molar refractivity (Wildman–Crippen MR) is 265 cm³/mol. The third kappa shape index (κ3) is 7.85. The van der Waals surface area contributed by atoms with Crippen LogP contribution in [0.1, 0.15) is 124 Å². The van der Waals surface area contributed by atoms with Crippen LogP contribution in [0.2, 0.25) is 0 Å². The van der Waals surface area contributed by atoms with Gasteiger partial charge in [0.15, 0.2) is 0 Å². The molecule has 0 unspecified atom stereocenters. The first-order valence-corrected chi connectivity index (χ1v) is 22.6. The number of hydrogen-bond donors (Lipinski definition) is 1. The van der Waals surface area contributed by atoms with Gasteiger partial charge in [-0.3, -0.25) is 9.55 Å². The van der Waals surface area contributed by atoms with Gasteiger partial charge in [0.25, 0.3) is 0 Å². The number of fused-ring (bicyclic) bond motifs is 1. The van der Waals surface area contributed by atoms with Gasteiger partial charge in [0.05, 0.1) is 22.3 Å². The summed E-state index contributed by atoms with van der Waals surface area (Å²) < 4.78 is 2.32. The smallest absolute Gasteiger partial charge is 0.148 e. The van der Waals surface area contributed by atoms with E-state index in [1.54, 1.807) is 0 Å². The Labute approximate surface area is 395 Å². The van der Waals surface area contributed by atoms with E-state index < -0.39 is 0 Å². The maximum Gasteiger partial charge on any atom is 0.148 e. The maximum atomic E-state index is 12.6. The van der Waals surface area contributed by atoms with Crippen molar-refractivity contribution in [1.82, 2.24) is 14.5 Å². The van der Waals surface area contributed by atoms with E-state index in [0.29, 0.717) is 5.82 Å². The Morgan fingerprint density at radius 3 is 1.92 bits per heavy atom. The number of aromatic nitrogens is 3. The van der Waals surface area contributed by atoms with Crippen LogP contribution in [0.3, 0.4) is 0 Å². The van der Waals surface area contributed by atoms with Gasteiger partial charge in [-0.15, -0.1) is 29.3 Å². The molecule has 1 N–H and O–H groups in total. The third-order valence-corrected chi connectivity index (χ3v) is 13.5. The Hall–Kier alpha value is -5.31. The SMILES string of the molecule is CC(C)(C)c1cc(-c2cc(-c3ccccc3)ccn2)[c-]c(-c2cccc3c2nc(-c2cc(C(C)(C)C)cc(C(C)(C)C)c2O)n3-c2ccc3c4c(cccc24)C(C)(C)CC3(C)C)c1.[Pt]. The molecule has 330 valence electrons. The zero-order valence-electron chi connectivity index (χ0n) is 39.9. The molecule has 1 aliphatic carbocycles. The average Bonchev–Trinajstić information content (AvgIpc) is 3.60. The van der Waals surface area contributed by atoms with E-state index in [9.17, 15) is 5.11 Å². The van der Waals surface area contributed by atoms with E-state index in [1.165, 1.54) is 27.5 Å². The minimum atomic E-state index is -0.315. The minimum absolute atomic E-state index is 0. The van der Waals surface area contributed by atoms with Gasteiger partial charge in [0.1, 0.15) is 11.6 Å². The second-order valence-electron chi connectivity index (χ2n) is 22.4. The summed E-state index contributed by atoms with van der Waals surface area (Å²) in [5, 5.41) is 15.1. The average molecular weight is 1020 g/mol. The number of hydrogen-bond acceptors (Lipinski definition) is 3. The Balaban J connectivity index is 0.00000560. The van der Waals surface area contributed by atoms with Crippen molar-refractivity contribution < 1.29 is 26.2 Å². The van der Waals surface area contributed by atoms with Crippen molar-refractivity contribution in [2.24, 2.45) is 0 Å². The first-order chi connectivity index (χ1) is 29.5. The molecule has 5 heteroatoms. The first kappa shape index (κ1) is 45.3. The molecule has 1 aliphatic rings. The number of imidazole rings is 1. The van der Waals surface area contributed by atoms with Gasteiger partial charge in [-0.25, -0.2) is 4.98 Å². The molecule has 9 rings (SSSR count). The molecule has 0 aliphatic heterocycles. The number of pyridine rings is 1. The van der Waals surface area contributed by atoms with Crippen molar-refractivity contribution in [2.45, 2.75) is 124 Å². The van der Waals surface area contributed by atoms with Crippen LogP contribution in [-0.2, 0) is 48.1 Å². The van der Waals surface area contributed by atoms with Gasteiger partial charge in [0.2, 0.25) is 0 Å². The zero-order valence-corrected chi connectivity index (χ0v) is 42.1. The predicted octanol–water partition coefficient (Wildman–Crippen LogP) is 15.6. The summed E-state index contributed by atoms with van der Waals surface area (Å²) in [6, 6.07) is 45.4. The maximum absolute atomic E-state index is 12.6. The van der Waals surface area contributed by atoms with Crippen molar-refractivity contribution in [3.05, 3.63) is 155 Å². The Kier molecular flexibility index (Phi) is 11.1. The van der Waals surface area contributed by atoms with Crippen LogP contribution >= 0.6 is 0 Å².